The number of cyclic esters (lactones) is 2. The number of ether oxygens (including phenoxy) is 4. The zero-order valence-corrected chi connectivity index (χ0v) is 9.09. The highest BCUT2D eigenvalue weighted by Crippen LogP contribution is 2.57. The first kappa shape index (κ1) is 9.99. The van der Waals surface area contributed by atoms with Crippen molar-refractivity contribution in [3.63, 3.8) is 0 Å². The van der Waals surface area contributed by atoms with E-state index in [1.807, 2.05) is 0 Å². The molecule has 0 spiro atoms. The van der Waals surface area contributed by atoms with Crippen LogP contribution in [0.15, 0.2) is 0 Å². The van der Waals surface area contributed by atoms with Gasteiger partial charge in [0.05, 0.1) is 25.2 Å². The summed E-state index contributed by atoms with van der Waals surface area (Å²) in [4.78, 5) is 23.4. The summed E-state index contributed by atoms with van der Waals surface area (Å²) in [6, 6.07) is 0. The molecular weight excluding hydrogens is 228 g/mol. The van der Waals surface area contributed by atoms with Crippen molar-refractivity contribution in [2.75, 3.05) is 13.2 Å². The van der Waals surface area contributed by atoms with E-state index < -0.39 is 35.7 Å². The molecule has 0 aromatic rings. The van der Waals surface area contributed by atoms with Crippen LogP contribution in [0.1, 0.15) is 12.8 Å². The third kappa shape index (κ3) is 1.06. The smallest absolute Gasteiger partial charge is 0.320 e. The molecule has 4 saturated heterocycles. The highest BCUT2D eigenvalue weighted by Gasteiger charge is 2.72. The monoisotopic (exact) mass is 240 g/mol. The second-order valence-corrected chi connectivity index (χ2v) is 4.97. The van der Waals surface area contributed by atoms with Gasteiger partial charge in [-0.15, -0.1) is 0 Å². The van der Waals surface area contributed by atoms with Crippen LogP contribution in [0.25, 0.3) is 0 Å². The Kier molecular flexibility index (Phi) is 1.80. The van der Waals surface area contributed by atoms with Crippen LogP contribution in [0.2, 0.25) is 0 Å². The normalized spacial score (nSPS) is 48.8. The van der Waals surface area contributed by atoms with E-state index in [4.69, 9.17) is 18.9 Å². The van der Waals surface area contributed by atoms with Gasteiger partial charge in [0.25, 0.3) is 0 Å². The summed E-state index contributed by atoms with van der Waals surface area (Å²) in [5.74, 6) is -1.94. The lowest BCUT2D eigenvalue weighted by Gasteiger charge is -2.33. The summed E-state index contributed by atoms with van der Waals surface area (Å²) >= 11 is 0. The van der Waals surface area contributed by atoms with E-state index in [0.717, 1.165) is 6.42 Å². The minimum Gasteiger partial charge on any atom is -0.393 e. The molecule has 0 aromatic carbocycles. The van der Waals surface area contributed by atoms with E-state index in [1.54, 1.807) is 0 Å². The second kappa shape index (κ2) is 3.07. The van der Waals surface area contributed by atoms with Crippen molar-refractivity contribution in [3.05, 3.63) is 0 Å². The van der Waals surface area contributed by atoms with Crippen molar-refractivity contribution in [1.82, 2.24) is 0 Å². The van der Waals surface area contributed by atoms with Gasteiger partial charge in [-0.3, -0.25) is 9.59 Å². The van der Waals surface area contributed by atoms with Crippen LogP contribution in [0.5, 0.6) is 0 Å². The van der Waals surface area contributed by atoms with Gasteiger partial charge in [0, 0.05) is 0 Å². The fourth-order valence-electron chi connectivity index (χ4n) is 3.59. The predicted octanol–water partition coefficient (Wildman–Crippen LogP) is -0.394. The highest BCUT2D eigenvalue weighted by atomic mass is 16.7. The molecule has 4 rings (SSSR count). The molecule has 0 unspecified atom stereocenters. The Morgan fingerprint density at radius 1 is 1.12 bits per heavy atom. The van der Waals surface area contributed by atoms with Crippen LogP contribution < -0.4 is 0 Å². The van der Waals surface area contributed by atoms with E-state index in [9.17, 15) is 9.59 Å². The molecule has 92 valence electrons. The molecule has 0 aliphatic carbocycles. The minimum absolute atomic E-state index is 0.216. The molecular formula is C11H12O6. The van der Waals surface area contributed by atoms with Crippen LogP contribution in [-0.2, 0) is 28.5 Å². The molecule has 6 heteroatoms. The maximum absolute atomic E-state index is 11.8. The second-order valence-electron chi connectivity index (χ2n) is 4.97. The van der Waals surface area contributed by atoms with Crippen LogP contribution >= 0.6 is 0 Å². The number of hydrogen-bond donors (Lipinski definition) is 0. The zero-order valence-electron chi connectivity index (χ0n) is 9.09. The third-order valence-corrected chi connectivity index (χ3v) is 4.22. The van der Waals surface area contributed by atoms with Gasteiger partial charge in [-0.25, -0.2) is 0 Å². The first-order valence-electron chi connectivity index (χ1n) is 5.89. The van der Waals surface area contributed by atoms with Gasteiger partial charge in [-0.1, -0.05) is 0 Å². The molecule has 4 aliphatic rings. The zero-order chi connectivity index (χ0) is 11.6. The fourth-order valence-corrected chi connectivity index (χ4v) is 3.59. The van der Waals surface area contributed by atoms with Crippen molar-refractivity contribution < 1.29 is 28.5 Å². The number of carbonyl (C=O) groups is 2. The van der Waals surface area contributed by atoms with Crippen LogP contribution in [-0.4, -0.2) is 43.1 Å². The number of esters is 2. The van der Waals surface area contributed by atoms with Gasteiger partial charge in [0.15, 0.2) is 6.29 Å². The molecule has 0 saturated carbocycles. The molecule has 4 atom stereocenters. The Bertz CT molecular complexity index is 401. The Hall–Kier alpha value is -0.980. The van der Waals surface area contributed by atoms with E-state index >= 15 is 0 Å². The molecule has 2 bridgehead atoms. The SMILES string of the molecule is O=C1OC(=O)[C@H]2[C@H]1[C@H]1CC[C@@]2(C2OCCO2)O1. The maximum Gasteiger partial charge on any atom is 0.320 e. The average molecular weight is 240 g/mol. The van der Waals surface area contributed by atoms with E-state index in [0.29, 0.717) is 19.6 Å². The fraction of sp³-hybridized carbons (Fsp3) is 0.818. The summed E-state index contributed by atoms with van der Waals surface area (Å²) in [5.41, 5.74) is -0.797. The molecule has 4 aliphatic heterocycles. The standard InChI is InChI=1S/C11H12O6/c12-8-6-5-1-2-11(17-5,7(6)9(13)16-8)10-14-3-4-15-10/h5-7,10H,1-4H2/t5-,6-,7-,11-/m1/s1. The van der Waals surface area contributed by atoms with Gasteiger partial charge in [-0.05, 0) is 12.8 Å². The lowest BCUT2D eigenvalue weighted by atomic mass is 9.72. The van der Waals surface area contributed by atoms with Gasteiger partial charge >= 0.3 is 11.9 Å². The van der Waals surface area contributed by atoms with Crippen molar-refractivity contribution >= 4 is 11.9 Å². The Morgan fingerprint density at radius 2 is 1.88 bits per heavy atom. The Labute approximate surface area is 97.1 Å². The summed E-state index contributed by atoms with van der Waals surface area (Å²) in [6.45, 7) is 1.00. The maximum atomic E-state index is 11.8. The lowest BCUT2D eigenvalue weighted by molar-refractivity contribution is -0.199. The minimum atomic E-state index is -0.797. The number of hydrogen-bond acceptors (Lipinski definition) is 6. The summed E-state index contributed by atoms with van der Waals surface area (Å²) in [7, 11) is 0. The first-order valence-corrected chi connectivity index (χ1v) is 5.89. The molecule has 0 radical (unpaired) electrons. The van der Waals surface area contributed by atoms with Crippen molar-refractivity contribution in [1.29, 1.82) is 0 Å². The third-order valence-electron chi connectivity index (χ3n) is 4.22. The molecule has 0 N–H and O–H groups in total. The van der Waals surface area contributed by atoms with Gasteiger partial charge in [0.1, 0.15) is 11.5 Å². The molecule has 0 aromatic heterocycles. The molecule has 0 amide bonds. The molecule has 4 fully saturated rings. The topological polar surface area (TPSA) is 71.1 Å². The summed E-state index contributed by atoms with van der Waals surface area (Å²) in [5, 5.41) is 0. The van der Waals surface area contributed by atoms with Crippen molar-refractivity contribution in [2.45, 2.75) is 30.8 Å². The first-order chi connectivity index (χ1) is 8.22. The summed E-state index contributed by atoms with van der Waals surface area (Å²) in [6.07, 6.45) is 0.686. The average Bonchev–Trinajstić information content (AvgIpc) is 3.02. The van der Waals surface area contributed by atoms with Crippen molar-refractivity contribution in [3.8, 4) is 0 Å². The largest absolute Gasteiger partial charge is 0.393 e. The van der Waals surface area contributed by atoms with E-state index in [2.05, 4.69) is 0 Å². The summed E-state index contributed by atoms with van der Waals surface area (Å²) < 4.78 is 21.6. The van der Waals surface area contributed by atoms with Crippen LogP contribution in [0, 0.1) is 11.8 Å². The van der Waals surface area contributed by atoms with Crippen molar-refractivity contribution in [2.24, 2.45) is 11.8 Å². The molecule has 17 heavy (non-hydrogen) atoms. The van der Waals surface area contributed by atoms with Crippen LogP contribution in [0.4, 0.5) is 0 Å². The Morgan fingerprint density at radius 3 is 2.65 bits per heavy atom. The lowest BCUT2D eigenvalue weighted by Crippen LogP contribution is -2.49. The molecule has 4 heterocycles. The van der Waals surface area contributed by atoms with Gasteiger partial charge < -0.3 is 18.9 Å². The van der Waals surface area contributed by atoms with Gasteiger partial charge in [0.2, 0.25) is 0 Å². The number of fused-ring (bicyclic) bond motifs is 5. The number of rotatable bonds is 1. The van der Waals surface area contributed by atoms with E-state index in [1.165, 1.54) is 0 Å². The predicted molar refractivity (Wildman–Crippen MR) is 50.6 cm³/mol. The quantitative estimate of drug-likeness (QED) is 0.459. The number of carbonyl (C=O) groups excluding carboxylic acids is 2. The van der Waals surface area contributed by atoms with E-state index in [-0.39, 0.29) is 6.10 Å². The highest BCUT2D eigenvalue weighted by molar-refractivity contribution is 5.98. The Balaban J connectivity index is 1.76. The molecule has 6 nitrogen and oxygen atoms in total. The van der Waals surface area contributed by atoms with Gasteiger partial charge in [-0.2, -0.15) is 0 Å². The van der Waals surface area contributed by atoms with Crippen LogP contribution in [0.3, 0.4) is 0 Å².